The summed E-state index contributed by atoms with van der Waals surface area (Å²) < 4.78 is 1.81. The number of nitrogens with zero attached hydrogens (tertiary/aromatic N) is 3. The molecule has 0 aliphatic heterocycles. The standard InChI is InChI=1S/C9H16N4O2S/c1-3-10-7(8(14)15)4-5-16-9-12-11-6-13(9)2/h6-7,10H,3-5H2,1-2H3,(H,14,15). The Balaban J connectivity index is 2.33. The lowest BCUT2D eigenvalue weighted by Gasteiger charge is -2.11. The van der Waals surface area contributed by atoms with Crippen LogP contribution < -0.4 is 5.32 Å². The molecule has 1 unspecified atom stereocenters. The van der Waals surface area contributed by atoms with Crippen LogP contribution in [0, 0.1) is 0 Å². The zero-order valence-corrected chi connectivity index (χ0v) is 10.2. The number of rotatable bonds is 7. The zero-order valence-electron chi connectivity index (χ0n) is 9.38. The lowest BCUT2D eigenvalue weighted by atomic mass is 10.2. The fourth-order valence-electron chi connectivity index (χ4n) is 1.23. The molecule has 0 aliphatic carbocycles. The molecule has 90 valence electrons. The van der Waals surface area contributed by atoms with Gasteiger partial charge in [0.15, 0.2) is 5.16 Å². The van der Waals surface area contributed by atoms with Gasteiger partial charge in [-0.15, -0.1) is 10.2 Å². The molecular weight excluding hydrogens is 228 g/mol. The van der Waals surface area contributed by atoms with Crippen molar-refractivity contribution in [3.8, 4) is 0 Å². The second-order valence-electron chi connectivity index (χ2n) is 3.31. The van der Waals surface area contributed by atoms with Gasteiger partial charge in [-0.05, 0) is 13.0 Å². The molecular formula is C9H16N4O2S. The highest BCUT2D eigenvalue weighted by Crippen LogP contribution is 2.15. The Labute approximate surface area is 98.4 Å². The summed E-state index contributed by atoms with van der Waals surface area (Å²) in [5.74, 6) is -0.100. The normalized spacial score (nSPS) is 12.6. The van der Waals surface area contributed by atoms with Gasteiger partial charge in [-0.3, -0.25) is 4.79 Å². The number of hydrogen-bond acceptors (Lipinski definition) is 5. The van der Waals surface area contributed by atoms with Crippen molar-refractivity contribution in [2.24, 2.45) is 7.05 Å². The lowest BCUT2D eigenvalue weighted by Crippen LogP contribution is -2.36. The average Bonchev–Trinajstić information content (AvgIpc) is 2.63. The minimum Gasteiger partial charge on any atom is -0.480 e. The van der Waals surface area contributed by atoms with E-state index in [1.807, 2.05) is 18.5 Å². The van der Waals surface area contributed by atoms with Gasteiger partial charge in [0.1, 0.15) is 12.4 Å². The second kappa shape index (κ2) is 6.49. The summed E-state index contributed by atoms with van der Waals surface area (Å²) in [5, 5.41) is 20.3. The van der Waals surface area contributed by atoms with Gasteiger partial charge in [0, 0.05) is 12.8 Å². The smallest absolute Gasteiger partial charge is 0.320 e. The molecule has 0 saturated heterocycles. The average molecular weight is 244 g/mol. The Morgan fingerprint density at radius 3 is 3.00 bits per heavy atom. The van der Waals surface area contributed by atoms with Crippen molar-refractivity contribution < 1.29 is 9.90 Å². The van der Waals surface area contributed by atoms with Gasteiger partial charge in [-0.1, -0.05) is 18.7 Å². The molecule has 0 amide bonds. The third-order valence-electron chi connectivity index (χ3n) is 2.06. The van der Waals surface area contributed by atoms with Gasteiger partial charge < -0.3 is 15.0 Å². The molecule has 1 aromatic rings. The number of aromatic nitrogens is 3. The number of thioether (sulfide) groups is 1. The van der Waals surface area contributed by atoms with E-state index in [2.05, 4.69) is 15.5 Å². The Bertz CT molecular complexity index is 342. The zero-order chi connectivity index (χ0) is 12.0. The third-order valence-corrected chi connectivity index (χ3v) is 3.12. The second-order valence-corrected chi connectivity index (χ2v) is 4.37. The van der Waals surface area contributed by atoms with Gasteiger partial charge in [0.05, 0.1) is 0 Å². The first-order valence-electron chi connectivity index (χ1n) is 5.08. The van der Waals surface area contributed by atoms with E-state index in [4.69, 9.17) is 5.11 Å². The van der Waals surface area contributed by atoms with Crippen LogP contribution in [0.15, 0.2) is 11.5 Å². The van der Waals surface area contributed by atoms with Crippen molar-refractivity contribution in [3.63, 3.8) is 0 Å². The van der Waals surface area contributed by atoms with Crippen LogP contribution >= 0.6 is 11.8 Å². The van der Waals surface area contributed by atoms with Gasteiger partial charge in [-0.25, -0.2) is 0 Å². The molecule has 1 rings (SSSR count). The molecule has 7 heteroatoms. The van der Waals surface area contributed by atoms with Crippen LogP contribution in [0.25, 0.3) is 0 Å². The van der Waals surface area contributed by atoms with Crippen LogP contribution in [0.5, 0.6) is 0 Å². The summed E-state index contributed by atoms with van der Waals surface area (Å²) in [6.07, 6.45) is 2.20. The van der Waals surface area contributed by atoms with E-state index in [0.29, 0.717) is 18.7 Å². The summed E-state index contributed by atoms with van der Waals surface area (Å²) in [6.45, 7) is 2.55. The van der Waals surface area contributed by atoms with Gasteiger partial charge in [0.25, 0.3) is 0 Å². The number of nitrogens with one attached hydrogen (secondary N) is 1. The van der Waals surface area contributed by atoms with Crippen molar-refractivity contribution in [2.75, 3.05) is 12.3 Å². The maximum atomic E-state index is 10.8. The predicted molar refractivity (Wildman–Crippen MR) is 61.4 cm³/mol. The first kappa shape index (κ1) is 13.0. The van der Waals surface area contributed by atoms with E-state index >= 15 is 0 Å². The largest absolute Gasteiger partial charge is 0.480 e. The first-order valence-corrected chi connectivity index (χ1v) is 6.06. The summed E-state index contributed by atoms with van der Waals surface area (Å²) in [6, 6.07) is -0.481. The topological polar surface area (TPSA) is 80.0 Å². The quantitative estimate of drug-likeness (QED) is 0.674. The summed E-state index contributed by atoms with van der Waals surface area (Å²) >= 11 is 1.51. The van der Waals surface area contributed by atoms with E-state index in [0.717, 1.165) is 5.16 Å². The van der Waals surface area contributed by atoms with Crippen LogP contribution in [-0.2, 0) is 11.8 Å². The highest BCUT2D eigenvalue weighted by Gasteiger charge is 2.15. The van der Waals surface area contributed by atoms with Crippen molar-refractivity contribution in [1.29, 1.82) is 0 Å². The van der Waals surface area contributed by atoms with Gasteiger partial charge in [0.2, 0.25) is 0 Å². The monoisotopic (exact) mass is 244 g/mol. The van der Waals surface area contributed by atoms with E-state index < -0.39 is 12.0 Å². The molecule has 1 atom stereocenters. The van der Waals surface area contributed by atoms with Crippen molar-refractivity contribution in [3.05, 3.63) is 6.33 Å². The van der Waals surface area contributed by atoms with Crippen molar-refractivity contribution in [1.82, 2.24) is 20.1 Å². The highest BCUT2D eigenvalue weighted by atomic mass is 32.2. The molecule has 0 fully saturated rings. The number of carboxylic acid groups (broad SMARTS) is 1. The van der Waals surface area contributed by atoms with E-state index in [9.17, 15) is 4.79 Å². The molecule has 0 radical (unpaired) electrons. The first-order chi connectivity index (χ1) is 7.65. The SMILES string of the molecule is CCNC(CCSc1nncn1C)C(=O)O. The fraction of sp³-hybridized carbons (Fsp3) is 0.667. The number of carboxylic acids is 1. The number of carbonyl (C=O) groups is 1. The van der Waals surface area contributed by atoms with E-state index in [-0.39, 0.29) is 0 Å². The molecule has 0 aliphatic rings. The molecule has 0 spiro atoms. The third kappa shape index (κ3) is 3.82. The van der Waals surface area contributed by atoms with Crippen LogP contribution in [0.2, 0.25) is 0 Å². The number of aryl methyl sites for hydroxylation is 1. The van der Waals surface area contributed by atoms with Crippen LogP contribution in [0.1, 0.15) is 13.3 Å². The predicted octanol–water partition coefficient (Wildman–Crippen LogP) is 0.360. The molecule has 0 bridgehead atoms. The molecule has 0 saturated carbocycles. The van der Waals surface area contributed by atoms with Gasteiger partial charge in [-0.2, -0.15) is 0 Å². The highest BCUT2D eigenvalue weighted by molar-refractivity contribution is 7.99. The van der Waals surface area contributed by atoms with Crippen LogP contribution in [0.4, 0.5) is 0 Å². The number of aliphatic carboxylic acids is 1. The minimum absolute atomic E-state index is 0.481. The summed E-state index contributed by atoms with van der Waals surface area (Å²) in [7, 11) is 1.86. The fourth-order valence-corrected chi connectivity index (χ4v) is 2.12. The molecule has 6 nitrogen and oxygen atoms in total. The number of likely N-dealkylation sites (N-methyl/N-ethyl adjacent to an activating group) is 1. The van der Waals surface area contributed by atoms with Crippen molar-refractivity contribution >= 4 is 17.7 Å². The molecule has 2 N–H and O–H groups in total. The Morgan fingerprint density at radius 2 is 2.50 bits per heavy atom. The number of hydrogen-bond donors (Lipinski definition) is 2. The minimum atomic E-state index is -0.805. The molecule has 1 aromatic heterocycles. The summed E-state index contributed by atoms with van der Waals surface area (Å²) in [5.41, 5.74) is 0. The van der Waals surface area contributed by atoms with Crippen LogP contribution in [-0.4, -0.2) is 44.2 Å². The summed E-state index contributed by atoms with van der Waals surface area (Å²) in [4.78, 5) is 10.8. The molecule has 1 heterocycles. The Hall–Kier alpha value is -1.08. The molecule has 0 aromatic carbocycles. The van der Waals surface area contributed by atoms with E-state index in [1.54, 1.807) is 6.33 Å². The maximum Gasteiger partial charge on any atom is 0.320 e. The molecule has 16 heavy (non-hydrogen) atoms. The van der Waals surface area contributed by atoms with E-state index in [1.165, 1.54) is 11.8 Å². The maximum absolute atomic E-state index is 10.8. The van der Waals surface area contributed by atoms with Crippen LogP contribution in [0.3, 0.4) is 0 Å². The van der Waals surface area contributed by atoms with Crippen molar-refractivity contribution in [2.45, 2.75) is 24.5 Å². The Morgan fingerprint density at radius 1 is 1.75 bits per heavy atom. The lowest BCUT2D eigenvalue weighted by molar-refractivity contribution is -0.139. The Kier molecular flexibility index (Phi) is 5.27. The van der Waals surface area contributed by atoms with Gasteiger partial charge >= 0.3 is 5.97 Å².